The lowest BCUT2D eigenvalue weighted by Crippen LogP contribution is -2.26. The molecule has 1 heterocycles. The van der Waals surface area contributed by atoms with E-state index in [0.29, 0.717) is 6.04 Å². The lowest BCUT2D eigenvalue weighted by atomic mass is 9.87. The number of nitrogens with zero attached hydrogens (tertiary/aromatic N) is 1. The van der Waals surface area contributed by atoms with Crippen molar-refractivity contribution < 1.29 is 0 Å². The van der Waals surface area contributed by atoms with E-state index in [4.69, 9.17) is 0 Å². The predicted molar refractivity (Wildman–Crippen MR) is 81.5 cm³/mol. The Morgan fingerprint density at radius 3 is 2.95 bits per heavy atom. The van der Waals surface area contributed by atoms with Crippen LogP contribution in [-0.2, 0) is 0 Å². The molecule has 100 valence electrons. The Hall–Kier alpha value is -1.57. The molecule has 0 radical (unpaired) electrons. The molecule has 0 amide bonds. The topological polar surface area (TPSA) is 24.9 Å². The Morgan fingerprint density at radius 2 is 2.11 bits per heavy atom. The summed E-state index contributed by atoms with van der Waals surface area (Å²) >= 11 is 0. The summed E-state index contributed by atoms with van der Waals surface area (Å²) in [6.45, 7) is 4.49. The molecule has 2 atom stereocenters. The first kappa shape index (κ1) is 12.5. The van der Waals surface area contributed by atoms with Gasteiger partial charge in [-0.3, -0.25) is 4.98 Å². The van der Waals surface area contributed by atoms with Crippen LogP contribution in [0.2, 0.25) is 0 Å². The lowest BCUT2D eigenvalue weighted by Gasteiger charge is -2.28. The second kappa shape index (κ2) is 5.20. The zero-order chi connectivity index (χ0) is 13.2. The van der Waals surface area contributed by atoms with E-state index in [1.54, 1.807) is 0 Å². The highest BCUT2D eigenvalue weighted by molar-refractivity contribution is 5.93. The minimum Gasteiger partial charge on any atom is -0.382 e. The van der Waals surface area contributed by atoms with Crippen molar-refractivity contribution in [3.8, 4) is 0 Å². The third-order valence-electron chi connectivity index (χ3n) is 4.27. The van der Waals surface area contributed by atoms with Crippen molar-refractivity contribution in [2.75, 3.05) is 5.32 Å². The number of benzene rings is 1. The summed E-state index contributed by atoms with van der Waals surface area (Å²) in [7, 11) is 0. The normalized spacial score (nSPS) is 23.5. The minimum absolute atomic E-state index is 0.620. The van der Waals surface area contributed by atoms with Gasteiger partial charge in [-0.1, -0.05) is 25.8 Å². The van der Waals surface area contributed by atoms with Gasteiger partial charge in [-0.05, 0) is 49.4 Å². The van der Waals surface area contributed by atoms with Crippen molar-refractivity contribution in [3.63, 3.8) is 0 Å². The highest BCUT2D eigenvalue weighted by atomic mass is 14.9. The maximum absolute atomic E-state index is 4.51. The SMILES string of the molecule is Cc1ccc(NC2CCCC(C)C2)c2cccnc12. The van der Waals surface area contributed by atoms with Gasteiger partial charge in [0.25, 0.3) is 0 Å². The maximum Gasteiger partial charge on any atom is 0.0751 e. The first-order valence-corrected chi connectivity index (χ1v) is 7.35. The second-order valence-corrected chi connectivity index (χ2v) is 5.94. The van der Waals surface area contributed by atoms with E-state index in [1.165, 1.54) is 42.3 Å². The molecule has 19 heavy (non-hydrogen) atoms. The number of hydrogen-bond donors (Lipinski definition) is 1. The van der Waals surface area contributed by atoms with Gasteiger partial charge in [0.2, 0.25) is 0 Å². The van der Waals surface area contributed by atoms with Crippen molar-refractivity contribution in [2.45, 2.75) is 45.6 Å². The van der Waals surface area contributed by atoms with Crippen LogP contribution in [-0.4, -0.2) is 11.0 Å². The Kier molecular flexibility index (Phi) is 3.41. The van der Waals surface area contributed by atoms with Gasteiger partial charge in [0.05, 0.1) is 5.52 Å². The van der Waals surface area contributed by atoms with Gasteiger partial charge in [-0.15, -0.1) is 0 Å². The quantitative estimate of drug-likeness (QED) is 0.851. The van der Waals surface area contributed by atoms with E-state index in [0.717, 1.165) is 11.4 Å². The fourth-order valence-corrected chi connectivity index (χ4v) is 3.22. The van der Waals surface area contributed by atoms with Gasteiger partial charge in [0.1, 0.15) is 0 Å². The molecule has 2 heteroatoms. The van der Waals surface area contributed by atoms with Crippen molar-refractivity contribution in [2.24, 2.45) is 5.92 Å². The molecule has 2 nitrogen and oxygen atoms in total. The van der Waals surface area contributed by atoms with Crippen LogP contribution >= 0.6 is 0 Å². The number of nitrogens with one attached hydrogen (secondary N) is 1. The van der Waals surface area contributed by atoms with Gasteiger partial charge in [-0.25, -0.2) is 0 Å². The number of aryl methyl sites for hydroxylation is 1. The van der Waals surface area contributed by atoms with Crippen LogP contribution in [0.25, 0.3) is 10.9 Å². The summed E-state index contributed by atoms with van der Waals surface area (Å²) in [4.78, 5) is 4.51. The van der Waals surface area contributed by atoms with Crippen LogP contribution in [0.3, 0.4) is 0 Å². The zero-order valence-electron chi connectivity index (χ0n) is 11.8. The Morgan fingerprint density at radius 1 is 1.21 bits per heavy atom. The fourth-order valence-electron chi connectivity index (χ4n) is 3.22. The molecule has 0 bridgehead atoms. The molecule has 1 aromatic carbocycles. The number of rotatable bonds is 2. The molecular weight excluding hydrogens is 232 g/mol. The average Bonchev–Trinajstić information content (AvgIpc) is 2.42. The summed E-state index contributed by atoms with van der Waals surface area (Å²) < 4.78 is 0. The fraction of sp³-hybridized carbons (Fsp3) is 0.471. The summed E-state index contributed by atoms with van der Waals surface area (Å²) in [5, 5.41) is 4.99. The first-order valence-electron chi connectivity index (χ1n) is 7.35. The monoisotopic (exact) mass is 254 g/mol. The van der Waals surface area contributed by atoms with Crippen molar-refractivity contribution in [1.29, 1.82) is 0 Å². The highest BCUT2D eigenvalue weighted by Gasteiger charge is 2.19. The molecular formula is C17H22N2. The van der Waals surface area contributed by atoms with E-state index in [1.807, 2.05) is 12.3 Å². The number of pyridine rings is 1. The van der Waals surface area contributed by atoms with Crippen molar-refractivity contribution in [1.82, 2.24) is 4.98 Å². The number of fused-ring (bicyclic) bond motifs is 1. The van der Waals surface area contributed by atoms with Crippen LogP contribution in [0, 0.1) is 12.8 Å². The van der Waals surface area contributed by atoms with Crippen molar-refractivity contribution >= 4 is 16.6 Å². The number of hydrogen-bond acceptors (Lipinski definition) is 2. The summed E-state index contributed by atoms with van der Waals surface area (Å²) in [6, 6.07) is 9.19. The molecule has 1 aliphatic carbocycles. The smallest absolute Gasteiger partial charge is 0.0751 e. The predicted octanol–water partition coefficient (Wildman–Crippen LogP) is 4.53. The molecule has 2 unspecified atom stereocenters. The molecule has 1 aliphatic rings. The summed E-state index contributed by atoms with van der Waals surface area (Å²) in [6.07, 6.45) is 7.19. The molecule has 3 rings (SSSR count). The minimum atomic E-state index is 0.620. The highest BCUT2D eigenvalue weighted by Crippen LogP contribution is 2.30. The standard InChI is InChI=1S/C17H22N2/c1-12-5-3-6-14(11-12)19-16-9-8-13(2)17-15(16)7-4-10-18-17/h4,7-10,12,14,19H,3,5-6,11H2,1-2H3. The van der Waals surface area contributed by atoms with E-state index < -0.39 is 0 Å². The van der Waals surface area contributed by atoms with Gasteiger partial charge in [0, 0.05) is 23.3 Å². The third-order valence-corrected chi connectivity index (χ3v) is 4.27. The zero-order valence-corrected chi connectivity index (χ0v) is 11.8. The average molecular weight is 254 g/mol. The molecule has 1 fully saturated rings. The van der Waals surface area contributed by atoms with Crippen LogP contribution < -0.4 is 5.32 Å². The maximum atomic E-state index is 4.51. The largest absolute Gasteiger partial charge is 0.382 e. The van der Waals surface area contributed by atoms with Crippen LogP contribution in [0.4, 0.5) is 5.69 Å². The first-order chi connectivity index (χ1) is 9.24. The molecule has 1 N–H and O–H groups in total. The lowest BCUT2D eigenvalue weighted by molar-refractivity contribution is 0.359. The third kappa shape index (κ3) is 2.58. The van der Waals surface area contributed by atoms with E-state index in [-0.39, 0.29) is 0 Å². The Bertz CT molecular complexity index is 576. The van der Waals surface area contributed by atoms with Gasteiger partial charge < -0.3 is 5.32 Å². The molecule has 1 saturated carbocycles. The van der Waals surface area contributed by atoms with E-state index in [2.05, 4.69) is 42.3 Å². The Balaban J connectivity index is 1.90. The molecule has 0 spiro atoms. The molecule has 1 aromatic heterocycles. The van der Waals surface area contributed by atoms with Crippen molar-refractivity contribution in [3.05, 3.63) is 36.0 Å². The molecule has 0 aliphatic heterocycles. The summed E-state index contributed by atoms with van der Waals surface area (Å²) in [5.41, 5.74) is 3.61. The second-order valence-electron chi connectivity index (χ2n) is 5.94. The van der Waals surface area contributed by atoms with E-state index in [9.17, 15) is 0 Å². The molecule has 0 saturated heterocycles. The van der Waals surface area contributed by atoms with Gasteiger partial charge in [-0.2, -0.15) is 0 Å². The van der Waals surface area contributed by atoms with Gasteiger partial charge in [0.15, 0.2) is 0 Å². The van der Waals surface area contributed by atoms with Crippen LogP contribution in [0.1, 0.15) is 38.2 Å². The van der Waals surface area contributed by atoms with Crippen LogP contribution in [0.15, 0.2) is 30.5 Å². The summed E-state index contributed by atoms with van der Waals surface area (Å²) in [5.74, 6) is 0.848. The molecule has 2 aromatic rings. The van der Waals surface area contributed by atoms with Gasteiger partial charge >= 0.3 is 0 Å². The van der Waals surface area contributed by atoms with E-state index >= 15 is 0 Å². The van der Waals surface area contributed by atoms with Crippen LogP contribution in [0.5, 0.6) is 0 Å². The Labute approximate surface area is 115 Å². The number of anilines is 1. The number of aromatic nitrogens is 1.